The minimum Gasteiger partial charge on any atom is -0.364 e. The average Bonchev–Trinajstić information content (AvgIpc) is 2.31. The quantitative estimate of drug-likeness (QED) is 0.658. The molecule has 0 amide bonds. The molecule has 2 rings (SSSR count). The first-order valence-electron chi connectivity index (χ1n) is 4.69. The van der Waals surface area contributed by atoms with Crippen molar-refractivity contribution in [1.82, 2.24) is 0 Å². The normalized spacial score (nSPS) is 9.06. The number of hydrogen-bond donors (Lipinski definition) is 1. The van der Waals surface area contributed by atoms with Crippen LogP contribution in [0.2, 0.25) is 0 Å². The Kier molecular flexibility index (Phi) is 4.64. The highest BCUT2D eigenvalue weighted by Crippen LogP contribution is 2.14. The van der Waals surface area contributed by atoms with Crippen LogP contribution < -0.4 is 15.9 Å². The fourth-order valence-corrected chi connectivity index (χ4v) is 1.22. The Hall–Kier alpha value is -1.71. The Labute approximate surface area is 101 Å². The Morgan fingerprint density at radius 2 is 1.31 bits per heavy atom. The molecule has 0 spiro atoms. The second-order valence-corrected chi connectivity index (χ2v) is 3.07. The van der Waals surface area contributed by atoms with E-state index in [2.05, 4.69) is 0 Å². The summed E-state index contributed by atoms with van der Waals surface area (Å²) in [5.74, 6) is 6.45. The third-order valence-electron chi connectivity index (χ3n) is 1.96. The van der Waals surface area contributed by atoms with E-state index >= 15 is 0 Å². The second-order valence-electron chi connectivity index (χ2n) is 3.07. The van der Waals surface area contributed by atoms with Gasteiger partial charge in [-0.15, -0.1) is 17.6 Å². The Morgan fingerprint density at radius 1 is 0.812 bits per heavy atom. The first-order chi connectivity index (χ1) is 7.36. The summed E-state index contributed by atoms with van der Waals surface area (Å²) in [6.07, 6.45) is 0. The zero-order valence-electron chi connectivity index (χ0n) is 8.61. The van der Waals surface area contributed by atoms with Crippen LogP contribution in [0.1, 0.15) is 0 Å². The van der Waals surface area contributed by atoms with Crippen LogP contribution in [0.25, 0.3) is 0 Å². The minimum absolute atomic E-state index is 0. The van der Waals surface area contributed by atoms with Crippen LogP contribution in [0.15, 0.2) is 60.7 Å². The first-order valence-corrected chi connectivity index (χ1v) is 4.69. The van der Waals surface area contributed by atoms with Gasteiger partial charge in [-0.25, -0.2) is 5.84 Å². The maximum absolute atomic E-state index is 5.74. The molecular formula is C12H13ClN2O. The Bertz CT molecular complexity index is 408. The molecule has 4 heteroatoms. The van der Waals surface area contributed by atoms with E-state index in [0.29, 0.717) is 5.75 Å². The molecule has 0 radical (unpaired) electrons. The number of nitrogens with two attached hydrogens (primary N) is 1. The number of rotatable bonds is 3. The first kappa shape index (κ1) is 12.4. The third kappa shape index (κ3) is 3.15. The molecule has 2 aromatic rings. The van der Waals surface area contributed by atoms with Crippen molar-refractivity contribution in [3.05, 3.63) is 60.7 Å². The number of para-hydroxylation sites is 2. The number of hydrazine groups is 1. The zero-order valence-corrected chi connectivity index (χ0v) is 9.43. The third-order valence-corrected chi connectivity index (χ3v) is 1.96. The lowest BCUT2D eigenvalue weighted by molar-refractivity contribution is 0.282. The molecule has 0 aliphatic heterocycles. The van der Waals surface area contributed by atoms with Crippen molar-refractivity contribution in [2.75, 3.05) is 5.17 Å². The maximum Gasteiger partial charge on any atom is 0.157 e. The fourth-order valence-electron chi connectivity index (χ4n) is 1.22. The summed E-state index contributed by atoms with van der Waals surface area (Å²) in [6.45, 7) is 0. The second kappa shape index (κ2) is 6.00. The molecule has 16 heavy (non-hydrogen) atoms. The highest BCUT2D eigenvalue weighted by Gasteiger charge is 2.01. The molecule has 0 saturated carbocycles. The molecule has 0 aliphatic rings. The lowest BCUT2D eigenvalue weighted by Crippen LogP contribution is -2.34. The van der Waals surface area contributed by atoms with Gasteiger partial charge in [-0.3, -0.25) is 0 Å². The summed E-state index contributed by atoms with van der Waals surface area (Å²) in [4.78, 5) is 5.41. The van der Waals surface area contributed by atoms with Crippen LogP contribution in [-0.4, -0.2) is 0 Å². The summed E-state index contributed by atoms with van der Waals surface area (Å²) in [6, 6.07) is 18.9. The van der Waals surface area contributed by atoms with E-state index in [4.69, 9.17) is 10.7 Å². The van der Waals surface area contributed by atoms with E-state index in [-0.39, 0.29) is 12.4 Å². The van der Waals surface area contributed by atoms with Crippen molar-refractivity contribution in [3.63, 3.8) is 0 Å². The summed E-state index contributed by atoms with van der Waals surface area (Å²) in [7, 11) is 0. The topological polar surface area (TPSA) is 38.5 Å². The molecule has 0 saturated heterocycles. The maximum atomic E-state index is 5.74. The lowest BCUT2D eigenvalue weighted by Gasteiger charge is -2.18. The lowest BCUT2D eigenvalue weighted by atomic mass is 10.3. The van der Waals surface area contributed by atoms with Crippen LogP contribution in [-0.2, 0) is 0 Å². The van der Waals surface area contributed by atoms with Crippen molar-refractivity contribution in [2.24, 2.45) is 5.84 Å². The number of hydrogen-bond acceptors (Lipinski definition) is 3. The molecule has 0 aromatic heterocycles. The van der Waals surface area contributed by atoms with Crippen molar-refractivity contribution in [3.8, 4) is 5.75 Å². The van der Waals surface area contributed by atoms with Crippen LogP contribution >= 0.6 is 12.4 Å². The molecule has 0 unspecified atom stereocenters. The van der Waals surface area contributed by atoms with E-state index in [0.717, 1.165) is 5.69 Å². The number of anilines is 1. The molecule has 2 aromatic carbocycles. The van der Waals surface area contributed by atoms with Gasteiger partial charge >= 0.3 is 0 Å². The van der Waals surface area contributed by atoms with Crippen LogP contribution in [0, 0.1) is 0 Å². The molecule has 0 heterocycles. The van der Waals surface area contributed by atoms with Gasteiger partial charge in [0.25, 0.3) is 0 Å². The standard InChI is InChI=1S/C12H12N2O.ClH/c13-14(11-7-3-1-4-8-11)15-12-9-5-2-6-10-12;/h1-10H,13H2;1H. The molecule has 0 aliphatic carbocycles. The van der Waals surface area contributed by atoms with Crippen molar-refractivity contribution in [2.45, 2.75) is 0 Å². The Morgan fingerprint density at radius 3 is 1.88 bits per heavy atom. The smallest absolute Gasteiger partial charge is 0.157 e. The fraction of sp³-hybridized carbons (Fsp3) is 0. The van der Waals surface area contributed by atoms with E-state index in [9.17, 15) is 0 Å². The SMILES string of the molecule is Cl.NN(Oc1ccccc1)c1ccccc1. The number of benzene rings is 2. The summed E-state index contributed by atoms with van der Waals surface area (Å²) < 4.78 is 0. The molecule has 0 bridgehead atoms. The van der Waals surface area contributed by atoms with Crippen molar-refractivity contribution in [1.29, 1.82) is 0 Å². The molecular weight excluding hydrogens is 224 g/mol. The van der Waals surface area contributed by atoms with Gasteiger partial charge in [-0.2, -0.15) is 0 Å². The molecule has 0 fully saturated rings. The van der Waals surface area contributed by atoms with Crippen molar-refractivity contribution >= 4 is 18.1 Å². The molecule has 3 nitrogen and oxygen atoms in total. The highest BCUT2D eigenvalue weighted by atomic mass is 35.5. The highest BCUT2D eigenvalue weighted by molar-refractivity contribution is 5.85. The van der Waals surface area contributed by atoms with Gasteiger partial charge in [-0.05, 0) is 24.3 Å². The van der Waals surface area contributed by atoms with Crippen LogP contribution in [0.5, 0.6) is 5.75 Å². The van der Waals surface area contributed by atoms with E-state index < -0.39 is 0 Å². The van der Waals surface area contributed by atoms with Gasteiger partial charge in [0.2, 0.25) is 0 Å². The van der Waals surface area contributed by atoms with E-state index in [1.807, 2.05) is 60.7 Å². The van der Waals surface area contributed by atoms with E-state index in [1.54, 1.807) is 0 Å². The minimum atomic E-state index is 0. The van der Waals surface area contributed by atoms with Gasteiger partial charge in [0.1, 0.15) is 0 Å². The summed E-state index contributed by atoms with van der Waals surface area (Å²) in [5.41, 5.74) is 0.807. The van der Waals surface area contributed by atoms with E-state index in [1.165, 1.54) is 5.17 Å². The largest absolute Gasteiger partial charge is 0.364 e. The number of nitrogens with zero attached hydrogens (tertiary/aromatic N) is 1. The predicted molar refractivity (Wildman–Crippen MR) is 67.4 cm³/mol. The monoisotopic (exact) mass is 236 g/mol. The summed E-state index contributed by atoms with van der Waals surface area (Å²) in [5, 5.41) is 1.25. The van der Waals surface area contributed by atoms with Gasteiger partial charge in [0, 0.05) is 0 Å². The Balaban J connectivity index is 0.00000128. The van der Waals surface area contributed by atoms with Gasteiger partial charge in [0.05, 0.1) is 5.69 Å². The predicted octanol–water partition coefficient (Wildman–Crippen LogP) is 2.78. The summed E-state index contributed by atoms with van der Waals surface area (Å²) >= 11 is 0. The van der Waals surface area contributed by atoms with Crippen LogP contribution in [0.4, 0.5) is 5.69 Å². The number of halogens is 1. The van der Waals surface area contributed by atoms with Crippen molar-refractivity contribution < 1.29 is 4.84 Å². The molecule has 84 valence electrons. The zero-order chi connectivity index (χ0) is 10.5. The van der Waals surface area contributed by atoms with Gasteiger partial charge < -0.3 is 4.84 Å². The molecule has 2 N–H and O–H groups in total. The van der Waals surface area contributed by atoms with Gasteiger partial charge in [-0.1, -0.05) is 36.4 Å². The average molecular weight is 237 g/mol. The van der Waals surface area contributed by atoms with Crippen LogP contribution in [0.3, 0.4) is 0 Å². The van der Waals surface area contributed by atoms with Gasteiger partial charge in [0.15, 0.2) is 5.75 Å². The molecule has 0 atom stereocenters.